The van der Waals surface area contributed by atoms with Gasteiger partial charge in [-0.1, -0.05) is 6.07 Å². The molecule has 0 aliphatic heterocycles. The van der Waals surface area contributed by atoms with E-state index < -0.39 is 34.8 Å². The number of benzene rings is 1. The molecule has 0 saturated heterocycles. The van der Waals surface area contributed by atoms with Gasteiger partial charge in [-0.3, -0.25) is 19.2 Å². The predicted molar refractivity (Wildman–Crippen MR) is 114 cm³/mol. The SMILES string of the molecule is CC(=O)OC(CN(C)C(C)=O)c1ccc(OC(=O)C(C)(C)C)c(OC(=O)C(C)(C)C)c1. The van der Waals surface area contributed by atoms with Gasteiger partial charge < -0.3 is 19.1 Å². The summed E-state index contributed by atoms with van der Waals surface area (Å²) in [5.74, 6) is -1.66. The first-order chi connectivity index (χ1) is 14.0. The number of hydrogen-bond donors (Lipinski definition) is 0. The van der Waals surface area contributed by atoms with Crippen LogP contribution in [0.2, 0.25) is 0 Å². The van der Waals surface area contributed by atoms with Gasteiger partial charge in [0.2, 0.25) is 5.91 Å². The fourth-order valence-corrected chi connectivity index (χ4v) is 2.18. The third kappa shape index (κ3) is 8.03. The molecule has 0 aliphatic carbocycles. The molecule has 1 unspecified atom stereocenters. The summed E-state index contributed by atoms with van der Waals surface area (Å²) >= 11 is 0. The zero-order chi connectivity index (χ0) is 24.1. The number of amides is 1. The molecule has 0 saturated carbocycles. The number of rotatable bonds is 6. The van der Waals surface area contributed by atoms with Crippen molar-refractivity contribution < 1.29 is 33.4 Å². The van der Waals surface area contributed by atoms with Crippen LogP contribution >= 0.6 is 0 Å². The predicted octanol–water partition coefficient (Wildman–Crippen LogP) is 3.67. The molecule has 1 aromatic rings. The average molecular weight is 436 g/mol. The van der Waals surface area contributed by atoms with Gasteiger partial charge in [0.05, 0.1) is 17.4 Å². The van der Waals surface area contributed by atoms with E-state index in [1.807, 2.05) is 0 Å². The number of esters is 3. The van der Waals surface area contributed by atoms with Crippen LogP contribution < -0.4 is 9.47 Å². The number of likely N-dealkylation sites (N-methyl/N-ethyl adjacent to an activating group) is 1. The van der Waals surface area contributed by atoms with Crippen LogP contribution in [0.5, 0.6) is 11.5 Å². The molecule has 0 aromatic heterocycles. The fourth-order valence-electron chi connectivity index (χ4n) is 2.18. The van der Waals surface area contributed by atoms with Gasteiger partial charge in [0, 0.05) is 20.9 Å². The topological polar surface area (TPSA) is 99.2 Å². The minimum atomic E-state index is -0.800. The Balaban J connectivity index is 3.42. The first-order valence-corrected chi connectivity index (χ1v) is 9.99. The third-order valence-electron chi connectivity index (χ3n) is 4.26. The second kappa shape index (κ2) is 9.94. The Morgan fingerprint density at radius 2 is 1.35 bits per heavy atom. The van der Waals surface area contributed by atoms with Crippen LogP contribution in [0.3, 0.4) is 0 Å². The van der Waals surface area contributed by atoms with Crippen LogP contribution in [0.15, 0.2) is 18.2 Å². The van der Waals surface area contributed by atoms with Crippen molar-refractivity contribution in [3.63, 3.8) is 0 Å². The highest BCUT2D eigenvalue weighted by Crippen LogP contribution is 2.35. The van der Waals surface area contributed by atoms with Crippen molar-refractivity contribution in [2.45, 2.75) is 61.5 Å². The Morgan fingerprint density at radius 1 is 0.871 bits per heavy atom. The van der Waals surface area contributed by atoms with E-state index in [4.69, 9.17) is 14.2 Å². The summed E-state index contributed by atoms with van der Waals surface area (Å²) in [7, 11) is 1.58. The van der Waals surface area contributed by atoms with Crippen LogP contribution in [-0.2, 0) is 23.9 Å². The van der Waals surface area contributed by atoms with Crippen molar-refractivity contribution in [2.24, 2.45) is 10.8 Å². The lowest BCUT2D eigenvalue weighted by molar-refractivity contribution is -0.149. The maximum atomic E-state index is 12.5. The Hall–Kier alpha value is -2.90. The van der Waals surface area contributed by atoms with E-state index in [0.717, 1.165) is 0 Å². The van der Waals surface area contributed by atoms with Crippen molar-refractivity contribution in [3.05, 3.63) is 23.8 Å². The molecule has 8 nitrogen and oxygen atoms in total. The molecule has 1 aromatic carbocycles. The molecule has 1 rings (SSSR count). The standard InChI is InChI=1S/C23H33NO7/c1-14(25)24(9)13-19(29-15(2)26)16-10-11-17(30-20(27)22(3,4)5)18(12-16)31-21(28)23(6,7)8/h10-12,19H,13H2,1-9H3. The zero-order valence-electron chi connectivity index (χ0n) is 19.8. The maximum Gasteiger partial charge on any atom is 0.316 e. The quantitative estimate of drug-likeness (QED) is 0.496. The molecule has 1 amide bonds. The first kappa shape index (κ1) is 26.1. The Morgan fingerprint density at radius 3 is 1.77 bits per heavy atom. The van der Waals surface area contributed by atoms with Gasteiger partial charge in [0.1, 0.15) is 6.10 Å². The van der Waals surface area contributed by atoms with E-state index in [-0.39, 0.29) is 24.0 Å². The van der Waals surface area contributed by atoms with E-state index in [1.54, 1.807) is 54.7 Å². The van der Waals surface area contributed by atoms with E-state index >= 15 is 0 Å². The van der Waals surface area contributed by atoms with Crippen LogP contribution in [0.4, 0.5) is 0 Å². The van der Waals surface area contributed by atoms with Crippen molar-refractivity contribution in [1.82, 2.24) is 4.90 Å². The summed E-state index contributed by atoms with van der Waals surface area (Å²) in [6.45, 7) is 13.0. The summed E-state index contributed by atoms with van der Waals surface area (Å²) in [4.78, 5) is 49.5. The summed E-state index contributed by atoms with van der Waals surface area (Å²) in [5, 5.41) is 0. The van der Waals surface area contributed by atoms with E-state index in [2.05, 4.69) is 0 Å². The second-order valence-corrected chi connectivity index (χ2v) is 9.48. The Labute approximate surface area is 183 Å². The lowest BCUT2D eigenvalue weighted by Gasteiger charge is -2.25. The number of ether oxygens (including phenoxy) is 3. The summed E-state index contributed by atoms with van der Waals surface area (Å²) in [5.41, 5.74) is -1.09. The molecule has 0 fully saturated rings. The van der Waals surface area contributed by atoms with Crippen molar-refractivity contribution in [1.29, 1.82) is 0 Å². The molecule has 172 valence electrons. The molecule has 0 N–H and O–H groups in total. The molecular formula is C23H33NO7. The highest BCUT2D eigenvalue weighted by atomic mass is 16.6. The van der Waals surface area contributed by atoms with Crippen molar-refractivity contribution in [3.8, 4) is 11.5 Å². The number of carbonyl (C=O) groups excluding carboxylic acids is 4. The minimum absolute atomic E-state index is 0.0256. The second-order valence-electron chi connectivity index (χ2n) is 9.48. The number of carbonyl (C=O) groups is 4. The molecule has 0 radical (unpaired) electrons. The van der Waals surface area contributed by atoms with E-state index in [0.29, 0.717) is 5.56 Å². The Kier molecular flexibility index (Phi) is 8.38. The molecule has 31 heavy (non-hydrogen) atoms. The zero-order valence-corrected chi connectivity index (χ0v) is 19.8. The minimum Gasteiger partial charge on any atom is -0.456 e. The summed E-state index contributed by atoms with van der Waals surface area (Å²) in [6, 6.07) is 4.56. The third-order valence-corrected chi connectivity index (χ3v) is 4.26. The summed E-state index contributed by atoms with van der Waals surface area (Å²) < 4.78 is 16.4. The lowest BCUT2D eigenvalue weighted by Crippen LogP contribution is -2.31. The van der Waals surface area contributed by atoms with Crippen LogP contribution in [0, 0.1) is 10.8 Å². The van der Waals surface area contributed by atoms with Gasteiger partial charge in [-0.05, 0) is 59.2 Å². The highest BCUT2D eigenvalue weighted by molar-refractivity contribution is 5.81. The molecule has 0 spiro atoms. The van der Waals surface area contributed by atoms with Gasteiger partial charge in [-0.25, -0.2) is 0 Å². The van der Waals surface area contributed by atoms with E-state index in [1.165, 1.54) is 30.9 Å². The molecule has 0 heterocycles. The largest absolute Gasteiger partial charge is 0.456 e. The summed E-state index contributed by atoms with van der Waals surface area (Å²) in [6.07, 6.45) is -0.800. The lowest BCUT2D eigenvalue weighted by atomic mass is 9.97. The monoisotopic (exact) mass is 435 g/mol. The fraction of sp³-hybridized carbons (Fsp3) is 0.565. The molecule has 8 heteroatoms. The van der Waals surface area contributed by atoms with Gasteiger partial charge in [-0.2, -0.15) is 0 Å². The average Bonchev–Trinajstić information content (AvgIpc) is 2.60. The van der Waals surface area contributed by atoms with Crippen LogP contribution in [0.25, 0.3) is 0 Å². The van der Waals surface area contributed by atoms with Gasteiger partial charge in [0.15, 0.2) is 11.5 Å². The number of hydrogen-bond acceptors (Lipinski definition) is 7. The normalized spacial score (nSPS) is 12.5. The van der Waals surface area contributed by atoms with Crippen molar-refractivity contribution >= 4 is 23.8 Å². The van der Waals surface area contributed by atoms with Gasteiger partial charge in [-0.15, -0.1) is 0 Å². The molecular weight excluding hydrogens is 402 g/mol. The smallest absolute Gasteiger partial charge is 0.316 e. The van der Waals surface area contributed by atoms with Crippen LogP contribution in [0.1, 0.15) is 67.1 Å². The first-order valence-electron chi connectivity index (χ1n) is 9.99. The van der Waals surface area contributed by atoms with E-state index in [9.17, 15) is 19.2 Å². The highest BCUT2D eigenvalue weighted by Gasteiger charge is 2.29. The molecule has 1 atom stereocenters. The Bertz CT molecular complexity index is 846. The van der Waals surface area contributed by atoms with Gasteiger partial charge >= 0.3 is 17.9 Å². The molecule has 0 bridgehead atoms. The van der Waals surface area contributed by atoms with Crippen molar-refractivity contribution in [2.75, 3.05) is 13.6 Å². The number of nitrogens with zero attached hydrogens (tertiary/aromatic N) is 1. The van der Waals surface area contributed by atoms with Crippen LogP contribution in [-0.4, -0.2) is 42.3 Å². The van der Waals surface area contributed by atoms with Gasteiger partial charge in [0.25, 0.3) is 0 Å². The molecule has 0 aliphatic rings. The maximum absolute atomic E-state index is 12.5.